The molecule has 0 aliphatic heterocycles. The number of aromatic hydroxyl groups is 1. The van der Waals surface area contributed by atoms with Crippen molar-refractivity contribution in [2.24, 2.45) is 5.92 Å². The molecule has 2 N–H and O–H groups in total. The van der Waals surface area contributed by atoms with Gasteiger partial charge in [-0.1, -0.05) is 20.3 Å². The molecule has 2 unspecified atom stereocenters. The standard InChI is InChI=1S/C12H18N2O5S/c1-4-8(2)9(3)13-20(18,19)10-5-6-12(15)11(7-10)14(16)17/h5-9,13,15H,4H2,1-3H3. The molecular formula is C12H18N2O5S. The third kappa shape index (κ3) is 3.67. The van der Waals surface area contributed by atoms with Crippen molar-refractivity contribution in [1.29, 1.82) is 0 Å². The Bertz CT molecular complexity index is 600. The first-order chi connectivity index (χ1) is 9.19. The Balaban J connectivity index is 3.10. The lowest BCUT2D eigenvalue weighted by Crippen LogP contribution is -2.36. The quantitative estimate of drug-likeness (QED) is 0.617. The van der Waals surface area contributed by atoms with Crippen molar-refractivity contribution >= 4 is 15.7 Å². The van der Waals surface area contributed by atoms with Crippen LogP contribution < -0.4 is 4.72 Å². The molecule has 1 rings (SSSR count). The highest BCUT2D eigenvalue weighted by atomic mass is 32.2. The summed E-state index contributed by atoms with van der Waals surface area (Å²) in [7, 11) is -3.85. The molecule has 0 aromatic heterocycles. The Kier molecular flexibility index (Phi) is 5.07. The third-order valence-electron chi connectivity index (χ3n) is 3.29. The molecule has 1 aromatic carbocycles. The highest BCUT2D eigenvalue weighted by Crippen LogP contribution is 2.28. The van der Waals surface area contributed by atoms with Gasteiger partial charge in [-0.15, -0.1) is 0 Å². The summed E-state index contributed by atoms with van der Waals surface area (Å²) < 4.78 is 26.7. The zero-order chi connectivity index (χ0) is 15.5. The molecule has 0 amide bonds. The van der Waals surface area contributed by atoms with Gasteiger partial charge in [0.2, 0.25) is 10.0 Å². The van der Waals surface area contributed by atoms with Crippen molar-refractivity contribution in [3.05, 3.63) is 28.3 Å². The number of nitro benzene ring substituents is 1. The molecule has 0 saturated heterocycles. The molecule has 112 valence electrons. The van der Waals surface area contributed by atoms with E-state index < -0.39 is 26.4 Å². The molecule has 0 fully saturated rings. The first kappa shape index (κ1) is 16.4. The number of nitrogens with one attached hydrogen (secondary N) is 1. The second-order valence-electron chi connectivity index (χ2n) is 4.70. The van der Waals surface area contributed by atoms with Crippen molar-refractivity contribution < 1.29 is 18.4 Å². The highest BCUT2D eigenvalue weighted by Gasteiger charge is 2.24. The molecule has 20 heavy (non-hydrogen) atoms. The second-order valence-corrected chi connectivity index (χ2v) is 6.42. The molecular weight excluding hydrogens is 284 g/mol. The van der Waals surface area contributed by atoms with Crippen LogP contribution in [0.1, 0.15) is 27.2 Å². The van der Waals surface area contributed by atoms with Crippen LogP contribution in [-0.4, -0.2) is 24.5 Å². The van der Waals surface area contributed by atoms with E-state index in [1.165, 1.54) is 0 Å². The fraction of sp³-hybridized carbons (Fsp3) is 0.500. The van der Waals surface area contributed by atoms with E-state index in [0.29, 0.717) is 0 Å². The van der Waals surface area contributed by atoms with Crippen molar-refractivity contribution in [2.45, 2.75) is 38.1 Å². The number of phenols is 1. The van der Waals surface area contributed by atoms with Gasteiger partial charge in [0, 0.05) is 12.1 Å². The van der Waals surface area contributed by atoms with Crippen LogP contribution in [0.15, 0.2) is 23.1 Å². The first-order valence-corrected chi connectivity index (χ1v) is 7.67. The van der Waals surface area contributed by atoms with Crippen molar-refractivity contribution in [3.8, 4) is 5.75 Å². The average Bonchev–Trinajstić information content (AvgIpc) is 2.36. The number of rotatable bonds is 6. The summed E-state index contributed by atoms with van der Waals surface area (Å²) in [5.74, 6) is -0.430. The topological polar surface area (TPSA) is 110 Å². The first-order valence-electron chi connectivity index (χ1n) is 6.18. The smallest absolute Gasteiger partial charge is 0.312 e. The summed E-state index contributed by atoms with van der Waals surface area (Å²) in [5, 5.41) is 20.0. The Morgan fingerprint density at radius 2 is 2.00 bits per heavy atom. The van der Waals surface area contributed by atoms with Crippen molar-refractivity contribution in [2.75, 3.05) is 0 Å². The predicted octanol–water partition coefficient (Wildman–Crippen LogP) is 2.01. The number of benzene rings is 1. The van der Waals surface area contributed by atoms with Gasteiger partial charge in [-0.3, -0.25) is 10.1 Å². The largest absolute Gasteiger partial charge is 0.502 e. The SMILES string of the molecule is CCC(C)C(C)NS(=O)(=O)c1ccc(O)c([N+](=O)[O-])c1. The van der Waals surface area contributed by atoms with Crippen LogP contribution in [0, 0.1) is 16.0 Å². The van der Waals surface area contributed by atoms with E-state index in [-0.39, 0.29) is 16.9 Å². The van der Waals surface area contributed by atoms with Crippen molar-refractivity contribution in [3.63, 3.8) is 0 Å². The Morgan fingerprint density at radius 3 is 2.50 bits per heavy atom. The average molecular weight is 302 g/mol. The Morgan fingerprint density at radius 1 is 1.40 bits per heavy atom. The van der Waals surface area contributed by atoms with E-state index >= 15 is 0 Å². The van der Waals surface area contributed by atoms with Gasteiger partial charge in [-0.2, -0.15) is 0 Å². The Hall–Kier alpha value is -1.67. The van der Waals surface area contributed by atoms with Crippen LogP contribution >= 0.6 is 0 Å². The van der Waals surface area contributed by atoms with Gasteiger partial charge < -0.3 is 5.11 Å². The molecule has 2 atom stereocenters. The van der Waals surface area contributed by atoms with Crippen LogP contribution in [0.3, 0.4) is 0 Å². The number of sulfonamides is 1. The minimum absolute atomic E-state index is 0.136. The molecule has 0 saturated carbocycles. The fourth-order valence-electron chi connectivity index (χ4n) is 1.60. The number of hydrogen-bond acceptors (Lipinski definition) is 5. The van der Waals surface area contributed by atoms with Crippen LogP contribution in [-0.2, 0) is 10.0 Å². The number of hydrogen-bond donors (Lipinski definition) is 2. The Labute approximate surface area is 117 Å². The van der Waals surface area contributed by atoms with Crippen molar-refractivity contribution in [1.82, 2.24) is 4.72 Å². The van der Waals surface area contributed by atoms with Crippen LogP contribution in [0.25, 0.3) is 0 Å². The third-order valence-corrected chi connectivity index (χ3v) is 4.85. The van der Waals surface area contributed by atoms with Gasteiger partial charge >= 0.3 is 5.69 Å². The summed E-state index contributed by atoms with van der Waals surface area (Å²) in [6.45, 7) is 5.59. The molecule has 7 nitrogen and oxygen atoms in total. The zero-order valence-corrected chi connectivity index (χ0v) is 12.3. The number of nitrogens with zero attached hydrogens (tertiary/aromatic N) is 1. The molecule has 0 bridgehead atoms. The molecule has 0 aliphatic rings. The summed E-state index contributed by atoms with van der Waals surface area (Å²) in [6, 6.07) is 2.69. The van der Waals surface area contributed by atoms with Crippen LogP contribution in [0.5, 0.6) is 5.75 Å². The predicted molar refractivity (Wildman–Crippen MR) is 74.0 cm³/mol. The van der Waals surface area contributed by atoms with Crippen LogP contribution in [0.4, 0.5) is 5.69 Å². The van der Waals surface area contributed by atoms with E-state index in [9.17, 15) is 23.6 Å². The van der Waals surface area contributed by atoms with E-state index in [0.717, 1.165) is 24.6 Å². The van der Waals surface area contributed by atoms with Gasteiger partial charge in [0.05, 0.1) is 9.82 Å². The van der Waals surface area contributed by atoms with Gasteiger partial charge in [0.25, 0.3) is 0 Å². The minimum atomic E-state index is -3.85. The summed E-state index contributed by atoms with van der Waals surface area (Å²) >= 11 is 0. The summed E-state index contributed by atoms with van der Waals surface area (Å²) in [6.07, 6.45) is 0.805. The van der Waals surface area contributed by atoms with E-state index in [1.54, 1.807) is 6.92 Å². The monoisotopic (exact) mass is 302 g/mol. The van der Waals surface area contributed by atoms with E-state index in [4.69, 9.17) is 0 Å². The normalized spacial score (nSPS) is 14.8. The number of nitro groups is 1. The molecule has 0 spiro atoms. The van der Waals surface area contributed by atoms with Gasteiger partial charge in [-0.25, -0.2) is 13.1 Å². The lowest BCUT2D eigenvalue weighted by Gasteiger charge is -2.19. The fourth-order valence-corrected chi connectivity index (χ4v) is 2.97. The van der Waals surface area contributed by atoms with Gasteiger partial charge in [-0.05, 0) is 25.0 Å². The lowest BCUT2D eigenvalue weighted by molar-refractivity contribution is -0.386. The van der Waals surface area contributed by atoms with Gasteiger partial charge in [0.15, 0.2) is 5.75 Å². The summed E-state index contributed by atoms with van der Waals surface area (Å²) in [4.78, 5) is 9.64. The van der Waals surface area contributed by atoms with E-state index in [2.05, 4.69) is 4.72 Å². The van der Waals surface area contributed by atoms with Crippen LogP contribution in [0.2, 0.25) is 0 Å². The zero-order valence-electron chi connectivity index (χ0n) is 11.5. The van der Waals surface area contributed by atoms with Gasteiger partial charge in [0.1, 0.15) is 0 Å². The highest BCUT2D eigenvalue weighted by molar-refractivity contribution is 7.89. The lowest BCUT2D eigenvalue weighted by atomic mass is 10.0. The molecule has 0 aliphatic carbocycles. The maximum absolute atomic E-state index is 12.1. The summed E-state index contributed by atoms with van der Waals surface area (Å²) in [5.41, 5.74) is -0.635. The maximum atomic E-state index is 12.1. The maximum Gasteiger partial charge on any atom is 0.312 e. The molecule has 8 heteroatoms. The second kappa shape index (κ2) is 6.19. The minimum Gasteiger partial charge on any atom is -0.502 e. The van der Waals surface area contributed by atoms with E-state index in [1.807, 2.05) is 13.8 Å². The molecule has 0 radical (unpaired) electrons. The molecule has 0 heterocycles. The molecule has 1 aromatic rings. The number of phenolic OH excluding ortho intramolecular Hbond substituents is 1.